The Morgan fingerprint density at radius 3 is 2.57 bits per heavy atom. The number of amides is 1. The van der Waals surface area contributed by atoms with Crippen LogP contribution in [-0.2, 0) is 9.53 Å². The summed E-state index contributed by atoms with van der Waals surface area (Å²) in [6, 6.07) is -0.442. The van der Waals surface area contributed by atoms with Gasteiger partial charge in [-0.2, -0.15) is 0 Å². The second kappa shape index (κ2) is 8.89. The predicted molar refractivity (Wildman–Crippen MR) is 50.8 cm³/mol. The molecule has 6 nitrogen and oxygen atoms in total. The number of nitrogens with one attached hydrogen (secondary N) is 2. The summed E-state index contributed by atoms with van der Waals surface area (Å²) in [6.45, 7) is 0.619. The summed E-state index contributed by atoms with van der Waals surface area (Å²) in [4.78, 5) is 11.1. The first kappa shape index (κ1) is 13.3. The second-order valence-electron chi connectivity index (χ2n) is 2.79. The average molecular weight is 206 g/mol. The third-order valence-electron chi connectivity index (χ3n) is 1.62. The molecule has 1 amide bonds. The molecule has 0 aromatic rings. The van der Waals surface area contributed by atoms with E-state index in [-0.39, 0.29) is 25.7 Å². The van der Waals surface area contributed by atoms with Crippen LogP contribution < -0.4 is 10.6 Å². The first-order chi connectivity index (χ1) is 6.74. The van der Waals surface area contributed by atoms with Crippen LogP contribution in [-0.4, -0.2) is 62.2 Å². The van der Waals surface area contributed by atoms with Crippen molar-refractivity contribution in [3.8, 4) is 0 Å². The number of aliphatic hydroxyl groups is 2. The van der Waals surface area contributed by atoms with E-state index in [0.29, 0.717) is 13.2 Å². The molecular weight excluding hydrogens is 188 g/mol. The van der Waals surface area contributed by atoms with Gasteiger partial charge in [-0.05, 0) is 0 Å². The van der Waals surface area contributed by atoms with Crippen molar-refractivity contribution < 1.29 is 19.7 Å². The van der Waals surface area contributed by atoms with Crippen molar-refractivity contribution >= 4 is 5.91 Å². The highest BCUT2D eigenvalue weighted by Crippen LogP contribution is 1.78. The van der Waals surface area contributed by atoms with Gasteiger partial charge in [0, 0.05) is 13.7 Å². The second-order valence-corrected chi connectivity index (χ2v) is 2.79. The zero-order valence-corrected chi connectivity index (χ0v) is 8.32. The number of carbonyl (C=O) groups excluding carboxylic acids is 1. The van der Waals surface area contributed by atoms with E-state index in [1.807, 2.05) is 0 Å². The van der Waals surface area contributed by atoms with Crippen molar-refractivity contribution in [3.05, 3.63) is 0 Å². The molecule has 14 heavy (non-hydrogen) atoms. The van der Waals surface area contributed by atoms with Crippen LogP contribution in [0.4, 0.5) is 0 Å². The first-order valence-electron chi connectivity index (χ1n) is 4.45. The van der Waals surface area contributed by atoms with Gasteiger partial charge < -0.3 is 25.6 Å². The summed E-state index contributed by atoms with van der Waals surface area (Å²) in [5, 5.41) is 22.6. The van der Waals surface area contributed by atoms with E-state index >= 15 is 0 Å². The molecule has 0 fully saturated rings. The van der Waals surface area contributed by atoms with Crippen LogP contribution in [0.3, 0.4) is 0 Å². The van der Waals surface area contributed by atoms with Gasteiger partial charge in [-0.15, -0.1) is 0 Å². The number of aliphatic hydroxyl groups excluding tert-OH is 2. The molecule has 0 aliphatic heterocycles. The Morgan fingerprint density at radius 2 is 2.07 bits per heavy atom. The predicted octanol–water partition coefficient (Wildman–Crippen LogP) is -2.31. The lowest BCUT2D eigenvalue weighted by molar-refractivity contribution is -0.120. The zero-order valence-electron chi connectivity index (χ0n) is 8.32. The fourth-order valence-corrected chi connectivity index (χ4v) is 0.779. The minimum absolute atomic E-state index is 0.0789. The standard InChI is InChI=1S/C8H18N2O4/c1-14-3-2-9-8(13)4-10-7(5-11)6-12/h7,10-12H,2-6H2,1H3,(H,9,13). The van der Waals surface area contributed by atoms with Crippen molar-refractivity contribution in [2.45, 2.75) is 6.04 Å². The molecule has 0 spiro atoms. The summed E-state index contributed by atoms with van der Waals surface area (Å²) < 4.78 is 4.75. The molecule has 0 unspecified atom stereocenters. The molecule has 0 rings (SSSR count). The van der Waals surface area contributed by atoms with Gasteiger partial charge in [0.15, 0.2) is 0 Å². The lowest BCUT2D eigenvalue weighted by Crippen LogP contribution is -2.43. The van der Waals surface area contributed by atoms with Crippen LogP contribution >= 0.6 is 0 Å². The summed E-state index contributed by atoms with van der Waals surface area (Å²) in [5.41, 5.74) is 0. The van der Waals surface area contributed by atoms with Crippen LogP contribution in [0, 0.1) is 0 Å². The molecule has 0 saturated heterocycles. The van der Waals surface area contributed by atoms with Crippen molar-refractivity contribution in [1.82, 2.24) is 10.6 Å². The normalized spacial score (nSPS) is 10.6. The number of rotatable bonds is 8. The molecule has 4 N–H and O–H groups in total. The van der Waals surface area contributed by atoms with Crippen molar-refractivity contribution in [2.75, 3.05) is 40.0 Å². The van der Waals surface area contributed by atoms with E-state index in [2.05, 4.69) is 10.6 Å². The minimum Gasteiger partial charge on any atom is -0.395 e. The Bertz CT molecular complexity index is 150. The molecule has 0 aromatic carbocycles. The van der Waals surface area contributed by atoms with Crippen LogP contribution in [0.15, 0.2) is 0 Å². The van der Waals surface area contributed by atoms with E-state index < -0.39 is 6.04 Å². The van der Waals surface area contributed by atoms with Crippen LogP contribution in [0.5, 0.6) is 0 Å². The maximum atomic E-state index is 11.1. The van der Waals surface area contributed by atoms with Gasteiger partial charge in [-0.3, -0.25) is 4.79 Å². The first-order valence-corrected chi connectivity index (χ1v) is 4.45. The number of carbonyl (C=O) groups is 1. The number of hydrogen-bond acceptors (Lipinski definition) is 5. The minimum atomic E-state index is -0.442. The topological polar surface area (TPSA) is 90.8 Å². The van der Waals surface area contributed by atoms with E-state index in [0.717, 1.165) is 0 Å². The fourth-order valence-electron chi connectivity index (χ4n) is 0.779. The lowest BCUT2D eigenvalue weighted by Gasteiger charge is -2.12. The summed E-state index contributed by atoms with van der Waals surface area (Å²) >= 11 is 0. The quantitative estimate of drug-likeness (QED) is 0.335. The highest BCUT2D eigenvalue weighted by atomic mass is 16.5. The SMILES string of the molecule is COCCNC(=O)CNC(CO)CO. The molecule has 0 atom stereocenters. The van der Waals surface area contributed by atoms with Crippen molar-refractivity contribution in [2.24, 2.45) is 0 Å². The summed E-state index contributed by atoms with van der Waals surface area (Å²) in [5.74, 6) is -0.186. The number of methoxy groups -OCH3 is 1. The Balaban J connectivity index is 3.42. The van der Waals surface area contributed by atoms with Gasteiger partial charge in [-0.1, -0.05) is 0 Å². The summed E-state index contributed by atoms with van der Waals surface area (Å²) in [6.07, 6.45) is 0. The van der Waals surface area contributed by atoms with Gasteiger partial charge in [0.2, 0.25) is 5.91 Å². The van der Waals surface area contributed by atoms with E-state index in [1.165, 1.54) is 0 Å². The largest absolute Gasteiger partial charge is 0.395 e. The number of hydrogen-bond donors (Lipinski definition) is 4. The van der Waals surface area contributed by atoms with Gasteiger partial charge >= 0.3 is 0 Å². The van der Waals surface area contributed by atoms with Crippen molar-refractivity contribution in [3.63, 3.8) is 0 Å². The zero-order chi connectivity index (χ0) is 10.8. The maximum absolute atomic E-state index is 11.1. The lowest BCUT2D eigenvalue weighted by atomic mass is 10.3. The Kier molecular flexibility index (Phi) is 8.45. The Morgan fingerprint density at radius 1 is 1.43 bits per heavy atom. The molecule has 0 radical (unpaired) electrons. The van der Waals surface area contributed by atoms with Crippen molar-refractivity contribution in [1.29, 1.82) is 0 Å². The van der Waals surface area contributed by atoms with Gasteiger partial charge in [0.1, 0.15) is 0 Å². The fraction of sp³-hybridized carbons (Fsp3) is 0.875. The molecule has 0 aliphatic rings. The molecular formula is C8H18N2O4. The van der Waals surface area contributed by atoms with Crippen LogP contribution in [0.1, 0.15) is 0 Å². The monoisotopic (exact) mass is 206 g/mol. The van der Waals surface area contributed by atoms with E-state index in [4.69, 9.17) is 14.9 Å². The van der Waals surface area contributed by atoms with Crippen LogP contribution in [0.25, 0.3) is 0 Å². The highest BCUT2D eigenvalue weighted by Gasteiger charge is 2.06. The summed E-state index contributed by atoms with van der Waals surface area (Å²) in [7, 11) is 1.55. The molecule has 0 heterocycles. The van der Waals surface area contributed by atoms with E-state index in [9.17, 15) is 4.79 Å². The molecule has 0 bridgehead atoms. The van der Waals surface area contributed by atoms with E-state index in [1.54, 1.807) is 7.11 Å². The van der Waals surface area contributed by atoms with Gasteiger partial charge in [0.05, 0.1) is 32.4 Å². The maximum Gasteiger partial charge on any atom is 0.234 e. The van der Waals surface area contributed by atoms with Crippen LogP contribution in [0.2, 0.25) is 0 Å². The average Bonchev–Trinajstić information content (AvgIpc) is 2.20. The van der Waals surface area contributed by atoms with Gasteiger partial charge in [-0.25, -0.2) is 0 Å². The molecule has 0 saturated carbocycles. The Hall–Kier alpha value is -0.690. The Labute approximate surface area is 83.3 Å². The third-order valence-corrected chi connectivity index (χ3v) is 1.62. The number of ether oxygens (including phenoxy) is 1. The molecule has 84 valence electrons. The smallest absolute Gasteiger partial charge is 0.234 e. The molecule has 0 aromatic heterocycles. The highest BCUT2D eigenvalue weighted by molar-refractivity contribution is 5.77. The third kappa shape index (κ3) is 6.79. The molecule has 0 aliphatic carbocycles. The van der Waals surface area contributed by atoms with Gasteiger partial charge in [0.25, 0.3) is 0 Å². The molecule has 6 heteroatoms.